The fourth-order valence-electron chi connectivity index (χ4n) is 2.11. The van der Waals surface area contributed by atoms with Crippen LogP contribution in [0.2, 0.25) is 0 Å². The molecule has 1 aromatic rings. The summed E-state index contributed by atoms with van der Waals surface area (Å²) in [6.45, 7) is 8.56. The van der Waals surface area contributed by atoms with Gasteiger partial charge in [0.1, 0.15) is 0 Å². The van der Waals surface area contributed by atoms with Gasteiger partial charge in [-0.2, -0.15) is 5.26 Å². The molecule has 0 aromatic heterocycles. The molecule has 2 atom stereocenters. The lowest BCUT2D eigenvalue weighted by molar-refractivity contribution is 0.483. The third-order valence-corrected chi connectivity index (χ3v) is 3.34. The molecule has 0 saturated carbocycles. The molecule has 2 unspecified atom stereocenters. The van der Waals surface area contributed by atoms with Gasteiger partial charge >= 0.3 is 0 Å². The van der Waals surface area contributed by atoms with Crippen LogP contribution < -0.4 is 0 Å². The van der Waals surface area contributed by atoms with Crippen LogP contribution in [0.25, 0.3) is 0 Å². The summed E-state index contributed by atoms with van der Waals surface area (Å²) < 4.78 is 0. The zero-order valence-corrected chi connectivity index (χ0v) is 10.7. The molecule has 0 saturated heterocycles. The molecule has 0 amide bonds. The second-order valence-corrected chi connectivity index (χ2v) is 4.72. The Balaban J connectivity index is 2.96. The zero-order valence-electron chi connectivity index (χ0n) is 10.7. The second kappa shape index (κ2) is 5.70. The molecule has 0 aliphatic carbocycles. The van der Waals surface area contributed by atoms with E-state index in [-0.39, 0.29) is 5.92 Å². The number of nitrogens with zero attached hydrogens (tertiary/aromatic N) is 1. The predicted molar refractivity (Wildman–Crippen MR) is 68.3 cm³/mol. The minimum Gasteiger partial charge on any atom is -0.198 e. The van der Waals surface area contributed by atoms with Crippen molar-refractivity contribution >= 4 is 0 Å². The van der Waals surface area contributed by atoms with E-state index in [1.807, 2.05) is 0 Å². The molecule has 86 valence electrons. The van der Waals surface area contributed by atoms with Crippen LogP contribution in [0.5, 0.6) is 0 Å². The lowest BCUT2D eigenvalue weighted by atomic mass is 9.84. The zero-order chi connectivity index (χ0) is 12.1. The van der Waals surface area contributed by atoms with Gasteiger partial charge in [-0.25, -0.2) is 0 Å². The summed E-state index contributed by atoms with van der Waals surface area (Å²) in [5, 5.41) is 9.29. The molecule has 16 heavy (non-hydrogen) atoms. The highest BCUT2D eigenvalue weighted by atomic mass is 14.3. The van der Waals surface area contributed by atoms with Gasteiger partial charge in [0.2, 0.25) is 0 Å². The van der Waals surface area contributed by atoms with Gasteiger partial charge in [-0.05, 0) is 42.9 Å². The summed E-state index contributed by atoms with van der Waals surface area (Å²) in [5.41, 5.74) is 3.75. The number of rotatable bonds is 4. The summed E-state index contributed by atoms with van der Waals surface area (Å²) in [6.07, 6.45) is 2.26. The summed E-state index contributed by atoms with van der Waals surface area (Å²) in [5.74, 6) is 0.483. The van der Waals surface area contributed by atoms with E-state index >= 15 is 0 Å². The molecular formula is C15H21N. The van der Waals surface area contributed by atoms with Crippen molar-refractivity contribution in [3.8, 4) is 6.07 Å². The van der Waals surface area contributed by atoms with Crippen LogP contribution in [-0.4, -0.2) is 0 Å². The van der Waals surface area contributed by atoms with Crippen molar-refractivity contribution in [3.63, 3.8) is 0 Å². The van der Waals surface area contributed by atoms with Crippen molar-refractivity contribution in [3.05, 3.63) is 34.9 Å². The SMILES string of the molecule is CCCC(C)C(C#N)c1ccc(C)c(C)c1. The maximum atomic E-state index is 9.29. The second-order valence-electron chi connectivity index (χ2n) is 4.72. The minimum absolute atomic E-state index is 0.0410. The summed E-state index contributed by atoms with van der Waals surface area (Å²) >= 11 is 0. The third-order valence-electron chi connectivity index (χ3n) is 3.34. The lowest BCUT2D eigenvalue weighted by Crippen LogP contribution is -2.08. The van der Waals surface area contributed by atoms with E-state index in [0.29, 0.717) is 5.92 Å². The van der Waals surface area contributed by atoms with E-state index in [9.17, 15) is 5.26 Å². The summed E-state index contributed by atoms with van der Waals surface area (Å²) in [6, 6.07) is 8.83. The molecule has 1 nitrogen and oxygen atoms in total. The van der Waals surface area contributed by atoms with Gasteiger partial charge in [0, 0.05) is 0 Å². The van der Waals surface area contributed by atoms with Crippen LogP contribution in [0.1, 0.15) is 49.3 Å². The molecule has 1 aromatic carbocycles. The third kappa shape index (κ3) is 2.85. The average molecular weight is 215 g/mol. The molecule has 0 fully saturated rings. The van der Waals surface area contributed by atoms with Gasteiger partial charge in [0.05, 0.1) is 12.0 Å². The van der Waals surface area contributed by atoms with Crippen LogP contribution in [0, 0.1) is 31.1 Å². The van der Waals surface area contributed by atoms with E-state index in [2.05, 4.69) is 52.0 Å². The maximum Gasteiger partial charge on any atom is 0.0738 e. The highest BCUT2D eigenvalue weighted by molar-refractivity contribution is 5.34. The number of hydrogen-bond donors (Lipinski definition) is 0. The Kier molecular flexibility index (Phi) is 4.55. The Morgan fingerprint density at radius 1 is 1.25 bits per heavy atom. The molecular weight excluding hydrogens is 194 g/mol. The first-order valence-electron chi connectivity index (χ1n) is 6.07. The van der Waals surface area contributed by atoms with Gasteiger partial charge in [-0.3, -0.25) is 0 Å². The first kappa shape index (κ1) is 12.8. The quantitative estimate of drug-likeness (QED) is 0.732. The van der Waals surface area contributed by atoms with Crippen LogP contribution in [0.15, 0.2) is 18.2 Å². The van der Waals surface area contributed by atoms with Crippen molar-refractivity contribution in [1.29, 1.82) is 5.26 Å². The molecule has 0 radical (unpaired) electrons. The van der Waals surface area contributed by atoms with E-state index in [0.717, 1.165) is 12.8 Å². The van der Waals surface area contributed by atoms with Crippen molar-refractivity contribution < 1.29 is 0 Å². The molecule has 1 rings (SSSR count). The first-order chi connectivity index (χ1) is 7.60. The van der Waals surface area contributed by atoms with E-state index in [1.165, 1.54) is 16.7 Å². The normalized spacial score (nSPS) is 14.2. The molecule has 0 aliphatic rings. The number of benzene rings is 1. The largest absolute Gasteiger partial charge is 0.198 e. The predicted octanol–water partition coefficient (Wildman–Crippen LogP) is 4.35. The molecule has 0 N–H and O–H groups in total. The van der Waals surface area contributed by atoms with E-state index in [4.69, 9.17) is 0 Å². The van der Waals surface area contributed by atoms with Gasteiger partial charge < -0.3 is 0 Å². The van der Waals surface area contributed by atoms with Gasteiger partial charge in [-0.15, -0.1) is 0 Å². The van der Waals surface area contributed by atoms with E-state index in [1.54, 1.807) is 0 Å². The number of aryl methyl sites for hydroxylation is 2. The Morgan fingerprint density at radius 2 is 1.94 bits per heavy atom. The maximum absolute atomic E-state index is 9.29. The Labute approximate surface area is 99.1 Å². The summed E-state index contributed by atoms with van der Waals surface area (Å²) in [4.78, 5) is 0. The smallest absolute Gasteiger partial charge is 0.0738 e. The van der Waals surface area contributed by atoms with Gasteiger partial charge in [0.15, 0.2) is 0 Å². The highest BCUT2D eigenvalue weighted by Crippen LogP contribution is 2.28. The van der Waals surface area contributed by atoms with Crippen LogP contribution >= 0.6 is 0 Å². The molecule has 0 bridgehead atoms. The molecule has 0 aliphatic heterocycles. The van der Waals surface area contributed by atoms with Crippen LogP contribution in [-0.2, 0) is 0 Å². The molecule has 0 spiro atoms. The number of nitriles is 1. The highest BCUT2D eigenvalue weighted by Gasteiger charge is 2.18. The fourth-order valence-corrected chi connectivity index (χ4v) is 2.11. The lowest BCUT2D eigenvalue weighted by Gasteiger charge is -2.18. The Morgan fingerprint density at radius 3 is 2.44 bits per heavy atom. The topological polar surface area (TPSA) is 23.8 Å². The standard InChI is InChI=1S/C15H21N/c1-5-6-12(3)15(10-16)14-8-7-11(2)13(4)9-14/h7-9,12,15H,5-6H2,1-4H3. The minimum atomic E-state index is 0.0410. The van der Waals surface area contributed by atoms with Gasteiger partial charge in [0.25, 0.3) is 0 Å². The van der Waals surface area contributed by atoms with Crippen LogP contribution in [0.3, 0.4) is 0 Å². The average Bonchev–Trinajstić information content (AvgIpc) is 2.25. The van der Waals surface area contributed by atoms with Crippen molar-refractivity contribution in [2.24, 2.45) is 5.92 Å². The monoisotopic (exact) mass is 215 g/mol. The summed E-state index contributed by atoms with van der Waals surface area (Å²) in [7, 11) is 0. The van der Waals surface area contributed by atoms with Crippen LogP contribution in [0.4, 0.5) is 0 Å². The Hall–Kier alpha value is -1.29. The fraction of sp³-hybridized carbons (Fsp3) is 0.533. The first-order valence-corrected chi connectivity index (χ1v) is 6.07. The Bertz CT molecular complexity index is 387. The number of hydrogen-bond acceptors (Lipinski definition) is 1. The molecule has 1 heteroatoms. The van der Waals surface area contributed by atoms with E-state index < -0.39 is 0 Å². The van der Waals surface area contributed by atoms with Crippen molar-refractivity contribution in [2.45, 2.75) is 46.5 Å². The van der Waals surface area contributed by atoms with Gasteiger partial charge in [-0.1, -0.05) is 38.5 Å². The molecule has 0 heterocycles. The van der Waals surface area contributed by atoms with Crippen molar-refractivity contribution in [2.75, 3.05) is 0 Å². The van der Waals surface area contributed by atoms with Crippen molar-refractivity contribution in [1.82, 2.24) is 0 Å².